The van der Waals surface area contributed by atoms with Crippen molar-refractivity contribution in [1.29, 1.82) is 0 Å². The summed E-state index contributed by atoms with van der Waals surface area (Å²) in [6, 6.07) is 20.6. The van der Waals surface area contributed by atoms with Crippen LogP contribution >= 0.6 is 0 Å². The molecule has 0 aliphatic heterocycles. The van der Waals surface area contributed by atoms with Crippen LogP contribution in [0, 0.1) is 0 Å². The first-order chi connectivity index (χ1) is 13.3. The lowest BCUT2D eigenvalue weighted by atomic mass is 10.2. The van der Waals surface area contributed by atoms with Crippen LogP contribution in [-0.4, -0.2) is 17.6 Å². The molecule has 0 N–H and O–H groups in total. The van der Waals surface area contributed by atoms with Gasteiger partial charge in [0.25, 0.3) is 0 Å². The second-order valence-electron chi connectivity index (χ2n) is 5.82. The van der Waals surface area contributed by atoms with Crippen molar-refractivity contribution in [2.45, 2.75) is 19.4 Å². The first-order valence-electron chi connectivity index (χ1n) is 8.80. The van der Waals surface area contributed by atoms with E-state index in [1.807, 2.05) is 60.7 Å². The molecule has 5 nitrogen and oxygen atoms in total. The second-order valence-corrected chi connectivity index (χ2v) is 5.82. The molecule has 0 spiro atoms. The summed E-state index contributed by atoms with van der Waals surface area (Å²) in [6.45, 7) is 0.634. The second kappa shape index (κ2) is 9.97. The smallest absolute Gasteiger partial charge is 0.306 e. The average molecular weight is 363 g/mol. The molecule has 0 radical (unpaired) electrons. The minimum Gasteiger partial charge on any atom is -0.494 e. The van der Waals surface area contributed by atoms with Crippen molar-refractivity contribution in [2.75, 3.05) is 6.61 Å². The Kier molecular flexibility index (Phi) is 6.81. The standard InChI is InChI=1S/C22H21NO4/c24-22(13-7-15-25-19-9-2-1-3-10-19)26-17-18-8-4-5-12-21(18)27-20-11-6-14-23-16-20/h1-6,8-12,14,16H,7,13,15,17H2. The topological polar surface area (TPSA) is 57.7 Å². The molecular formula is C22H21NO4. The number of carbonyl (C=O) groups is 1. The van der Waals surface area contributed by atoms with Gasteiger partial charge in [-0.05, 0) is 36.8 Å². The number of pyridine rings is 1. The summed E-state index contributed by atoms with van der Waals surface area (Å²) in [5.74, 6) is 1.82. The Morgan fingerprint density at radius 3 is 2.48 bits per heavy atom. The number of hydrogen-bond donors (Lipinski definition) is 0. The van der Waals surface area contributed by atoms with Gasteiger partial charge in [-0.15, -0.1) is 0 Å². The fourth-order valence-electron chi connectivity index (χ4n) is 2.41. The molecule has 0 saturated heterocycles. The quantitative estimate of drug-likeness (QED) is 0.405. The third-order valence-electron chi connectivity index (χ3n) is 3.76. The molecule has 0 amide bonds. The third kappa shape index (κ3) is 6.15. The van der Waals surface area contributed by atoms with Crippen molar-refractivity contribution >= 4 is 5.97 Å². The molecule has 2 aromatic carbocycles. The monoisotopic (exact) mass is 363 g/mol. The van der Waals surface area contributed by atoms with E-state index in [0.717, 1.165) is 11.3 Å². The summed E-state index contributed by atoms with van der Waals surface area (Å²) >= 11 is 0. The third-order valence-corrected chi connectivity index (χ3v) is 3.76. The highest BCUT2D eigenvalue weighted by atomic mass is 16.5. The van der Waals surface area contributed by atoms with E-state index in [1.165, 1.54) is 0 Å². The molecule has 0 bridgehead atoms. The minimum absolute atomic E-state index is 0.162. The van der Waals surface area contributed by atoms with Crippen LogP contribution in [0.3, 0.4) is 0 Å². The number of esters is 1. The van der Waals surface area contributed by atoms with Gasteiger partial charge in [-0.3, -0.25) is 9.78 Å². The van der Waals surface area contributed by atoms with Gasteiger partial charge < -0.3 is 14.2 Å². The molecule has 0 aliphatic carbocycles. The van der Waals surface area contributed by atoms with E-state index in [4.69, 9.17) is 14.2 Å². The van der Waals surface area contributed by atoms with Crippen molar-refractivity contribution < 1.29 is 19.0 Å². The van der Waals surface area contributed by atoms with Gasteiger partial charge in [-0.25, -0.2) is 0 Å². The van der Waals surface area contributed by atoms with Gasteiger partial charge in [-0.2, -0.15) is 0 Å². The first kappa shape index (κ1) is 18.5. The summed E-state index contributed by atoms with van der Waals surface area (Å²) in [4.78, 5) is 16.0. The van der Waals surface area contributed by atoms with E-state index < -0.39 is 0 Å². The normalized spacial score (nSPS) is 10.2. The molecule has 0 atom stereocenters. The molecule has 3 aromatic rings. The first-order valence-corrected chi connectivity index (χ1v) is 8.80. The van der Waals surface area contributed by atoms with Gasteiger partial charge in [-0.1, -0.05) is 36.4 Å². The number of aromatic nitrogens is 1. The maximum atomic E-state index is 12.0. The van der Waals surface area contributed by atoms with Crippen LogP contribution in [-0.2, 0) is 16.1 Å². The van der Waals surface area contributed by atoms with Crippen LogP contribution in [0.25, 0.3) is 0 Å². The molecule has 138 valence electrons. The SMILES string of the molecule is O=C(CCCOc1ccccc1)OCc1ccccc1Oc1cccnc1. The van der Waals surface area contributed by atoms with Gasteiger partial charge in [0.05, 0.1) is 12.8 Å². The van der Waals surface area contributed by atoms with Gasteiger partial charge in [0.15, 0.2) is 0 Å². The van der Waals surface area contributed by atoms with E-state index in [9.17, 15) is 4.79 Å². The van der Waals surface area contributed by atoms with Crippen LogP contribution in [0.15, 0.2) is 79.1 Å². The average Bonchev–Trinajstić information content (AvgIpc) is 2.72. The van der Waals surface area contributed by atoms with Crippen LogP contribution in [0.2, 0.25) is 0 Å². The Hall–Kier alpha value is -3.34. The fourth-order valence-corrected chi connectivity index (χ4v) is 2.41. The van der Waals surface area contributed by atoms with E-state index in [1.54, 1.807) is 18.5 Å². The van der Waals surface area contributed by atoms with Crippen molar-refractivity contribution in [1.82, 2.24) is 4.98 Å². The summed E-state index contributed by atoms with van der Waals surface area (Å²) in [6.07, 6.45) is 4.22. The predicted molar refractivity (Wildman–Crippen MR) is 102 cm³/mol. The molecule has 1 heterocycles. The summed E-state index contributed by atoms with van der Waals surface area (Å²) in [5, 5.41) is 0. The Bertz CT molecular complexity index is 837. The Morgan fingerprint density at radius 1 is 0.889 bits per heavy atom. The summed E-state index contributed by atoms with van der Waals surface area (Å²) in [7, 11) is 0. The number of para-hydroxylation sites is 2. The largest absolute Gasteiger partial charge is 0.494 e. The zero-order valence-corrected chi connectivity index (χ0v) is 14.9. The molecule has 5 heteroatoms. The van der Waals surface area contributed by atoms with E-state index in [-0.39, 0.29) is 12.6 Å². The lowest BCUT2D eigenvalue weighted by Crippen LogP contribution is -2.07. The molecule has 0 unspecified atom stereocenters. The zero-order valence-electron chi connectivity index (χ0n) is 14.9. The van der Waals surface area contributed by atoms with E-state index >= 15 is 0 Å². The van der Waals surface area contributed by atoms with Crippen molar-refractivity contribution in [3.8, 4) is 17.2 Å². The van der Waals surface area contributed by atoms with Crippen molar-refractivity contribution in [2.24, 2.45) is 0 Å². The Morgan fingerprint density at radius 2 is 1.67 bits per heavy atom. The Balaban J connectivity index is 1.43. The highest BCUT2D eigenvalue weighted by Gasteiger charge is 2.08. The van der Waals surface area contributed by atoms with E-state index in [0.29, 0.717) is 30.9 Å². The number of carbonyl (C=O) groups excluding carboxylic acids is 1. The molecule has 0 aliphatic rings. The molecule has 27 heavy (non-hydrogen) atoms. The van der Waals surface area contributed by atoms with Crippen LogP contribution in [0.4, 0.5) is 0 Å². The highest BCUT2D eigenvalue weighted by Crippen LogP contribution is 2.25. The molecule has 0 fully saturated rings. The highest BCUT2D eigenvalue weighted by molar-refractivity contribution is 5.69. The molecule has 0 saturated carbocycles. The van der Waals surface area contributed by atoms with Gasteiger partial charge >= 0.3 is 5.97 Å². The maximum absolute atomic E-state index is 12.0. The number of ether oxygens (including phenoxy) is 3. The van der Waals surface area contributed by atoms with Gasteiger partial charge in [0.2, 0.25) is 0 Å². The number of nitrogens with zero attached hydrogens (tertiary/aromatic N) is 1. The zero-order chi connectivity index (χ0) is 18.7. The lowest BCUT2D eigenvalue weighted by Gasteiger charge is -2.11. The van der Waals surface area contributed by atoms with Crippen LogP contribution in [0.1, 0.15) is 18.4 Å². The van der Waals surface area contributed by atoms with E-state index in [2.05, 4.69) is 4.98 Å². The lowest BCUT2D eigenvalue weighted by molar-refractivity contribution is -0.145. The van der Waals surface area contributed by atoms with Crippen LogP contribution < -0.4 is 9.47 Å². The Labute approximate surface area is 158 Å². The van der Waals surface area contributed by atoms with Gasteiger partial charge in [0.1, 0.15) is 23.9 Å². The number of hydrogen-bond acceptors (Lipinski definition) is 5. The van der Waals surface area contributed by atoms with Gasteiger partial charge in [0, 0.05) is 18.2 Å². The van der Waals surface area contributed by atoms with Crippen LogP contribution in [0.5, 0.6) is 17.2 Å². The molecule has 1 aromatic heterocycles. The molecular weight excluding hydrogens is 342 g/mol. The van der Waals surface area contributed by atoms with Crippen molar-refractivity contribution in [3.05, 3.63) is 84.7 Å². The maximum Gasteiger partial charge on any atom is 0.306 e. The fraction of sp³-hybridized carbons (Fsp3) is 0.182. The van der Waals surface area contributed by atoms with Crippen molar-refractivity contribution in [3.63, 3.8) is 0 Å². The summed E-state index contributed by atoms with van der Waals surface area (Å²) in [5.41, 5.74) is 0.801. The minimum atomic E-state index is -0.261. The molecule has 3 rings (SSSR count). The number of rotatable bonds is 9. The number of benzene rings is 2. The summed E-state index contributed by atoms with van der Waals surface area (Å²) < 4.78 is 16.8. The predicted octanol–water partition coefficient (Wildman–Crippen LogP) is 4.78.